The largest absolute Gasteiger partial charge is 0.328 e. The van der Waals surface area contributed by atoms with E-state index in [9.17, 15) is 8.78 Å². The predicted octanol–water partition coefficient (Wildman–Crippen LogP) is 3.06. The molecule has 0 aromatic heterocycles. The monoisotopic (exact) mass is 268 g/mol. The summed E-state index contributed by atoms with van der Waals surface area (Å²) >= 11 is 0. The highest BCUT2D eigenvalue weighted by molar-refractivity contribution is 5.17. The van der Waals surface area contributed by atoms with E-state index in [-0.39, 0.29) is 0 Å². The molecule has 19 heavy (non-hydrogen) atoms. The summed E-state index contributed by atoms with van der Waals surface area (Å²) in [7, 11) is 0. The maximum Gasteiger partial charge on any atom is 0.159 e. The van der Waals surface area contributed by atoms with E-state index < -0.39 is 11.6 Å². The Morgan fingerprint density at radius 1 is 1.16 bits per heavy atom. The lowest BCUT2D eigenvalue weighted by atomic mass is 9.90. The molecule has 1 aromatic carbocycles. The third-order valence-electron chi connectivity index (χ3n) is 4.03. The van der Waals surface area contributed by atoms with Crippen molar-refractivity contribution in [3.8, 4) is 0 Å². The zero-order chi connectivity index (χ0) is 13.8. The van der Waals surface area contributed by atoms with Gasteiger partial charge in [0, 0.05) is 18.6 Å². The van der Waals surface area contributed by atoms with Crippen LogP contribution in [0.15, 0.2) is 18.2 Å². The van der Waals surface area contributed by atoms with E-state index in [0.717, 1.165) is 37.8 Å². The summed E-state index contributed by atoms with van der Waals surface area (Å²) in [5, 5.41) is 0. The third-order valence-corrected chi connectivity index (χ3v) is 4.03. The van der Waals surface area contributed by atoms with Crippen molar-refractivity contribution in [3.63, 3.8) is 0 Å². The highest BCUT2D eigenvalue weighted by Gasteiger charge is 2.23. The van der Waals surface area contributed by atoms with Gasteiger partial charge in [-0.1, -0.05) is 13.0 Å². The molecule has 1 saturated carbocycles. The van der Waals surface area contributed by atoms with Gasteiger partial charge in [-0.15, -0.1) is 0 Å². The Bertz CT molecular complexity index is 415. The first kappa shape index (κ1) is 14.4. The highest BCUT2D eigenvalue weighted by Crippen LogP contribution is 2.23. The summed E-state index contributed by atoms with van der Waals surface area (Å²) in [5.74, 6) is -1.55. The third kappa shape index (κ3) is 3.74. The Morgan fingerprint density at radius 2 is 1.84 bits per heavy atom. The Balaban J connectivity index is 2.00. The minimum atomic E-state index is -0.782. The van der Waals surface area contributed by atoms with Crippen molar-refractivity contribution in [2.45, 2.75) is 51.2 Å². The molecule has 2 N–H and O–H groups in total. The Labute approximate surface area is 113 Å². The van der Waals surface area contributed by atoms with Crippen molar-refractivity contribution in [1.82, 2.24) is 4.90 Å². The molecule has 1 aliphatic carbocycles. The molecule has 1 aromatic rings. The molecule has 0 heterocycles. The molecule has 0 unspecified atom stereocenters. The average Bonchev–Trinajstić information content (AvgIpc) is 2.41. The first-order chi connectivity index (χ1) is 9.10. The molecule has 0 amide bonds. The number of nitrogens with two attached hydrogens (primary N) is 1. The van der Waals surface area contributed by atoms with Crippen molar-refractivity contribution in [3.05, 3.63) is 35.4 Å². The van der Waals surface area contributed by atoms with Gasteiger partial charge >= 0.3 is 0 Å². The zero-order valence-corrected chi connectivity index (χ0v) is 11.4. The molecule has 1 aliphatic rings. The summed E-state index contributed by atoms with van der Waals surface area (Å²) < 4.78 is 26.1. The fourth-order valence-corrected chi connectivity index (χ4v) is 2.84. The lowest BCUT2D eigenvalue weighted by Gasteiger charge is -2.35. The molecule has 106 valence electrons. The zero-order valence-electron chi connectivity index (χ0n) is 11.4. The van der Waals surface area contributed by atoms with Crippen LogP contribution in [0.3, 0.4) is 0 Å². The first-order valence-corrected chi connectivity index (χ1v) is 7.03. The molecular formula is C15H22F2N2. The van der Waals surface area contributed by atoms with Crippen LogP contribution in [0.25, 0.3) is 0 Å². The van der Waals surface area contributed by atoms with Crippen molar-refractivity contribution >= 4 is 0 Å². The molecule has 1 fully saturated rings. The van der Waals surface area contributed by atoms with Crippen LogP contribution in [0, 0.1) is 11.6 Å². The number of hydrogen-bond donors (Lipinski definition) is 1. The molecule has 0 aliphatic heterocycles. The van der Waals surface area contributed by atoms with Crippen molar-refractivity contribution in [2.75, 3.05) is 6.54 Å². The second-order valence-corrected chi connectivity index (χ2v) is 5.38. The van der Waals surface area contributed by atoms with Gasteiger partial charge in [0.2, 0.25) is 0 Å². The Hall–Kier alpha value is -1.00. The van der Waals surface area contributed by atoms with Gasteiger partial charge in [-0.25, -0.2) is 8.78 Å². The summed E-state index contributed by atoms with van der Waals surface area (Å²) in [4.78, 5) is 2.33. The number of nitrogens with zero attached hydrogens (tertiary/aromatic N) is 1. The van der Waals surface area contributed by atoms with Gasteiger partial charge in [-0.2, -0.15) is 0 Å². The van der Waals surface area contributed by atoms with E-state index in [1.807, 2.05) is 0 Å². The SMILES string of the molecule is CCN(Cc1ccc(F)c(F)c1)C1CCC(N)CC1. The van der Waals surface area contributed by atoms with Crippen LogP contribution in [0.4, 0.5) is 8.78 Å². The topological polar surface area (TPSA) is 29.3 Å². The molecule has 2 nitrogen and oxygen atoms in total. The predicted molar refractivity (Wildman–Crippen MR) is 72.7 cm³/mol. The van der Waals surface area contributed by atoms with E-state index in [1.165, 1.54) is 12.1 Å². The van der Waals surface area contributed by atoms with Crippen LogP contribution in [0.2, 0.25) is 0 Å². The maximum absolute atomic E-state index is 13.2. The van der Waals surface area contributed by atoms with Gasteiger partial charge in [-0.05, 0) is 49.9 Å². The second kappa shape index (κ2) is 6.44. The highest BCUT2D eigenvalue weighted by atomic mass is 19.2. The minimum absolute atomic E-state index is 0.332. The van der Waals surface area contributed by atoms with Gasteiger partial charge in [0.15, 0.2) is 11.6 Å². The molecule has 0 atom stereocenters. The number of halogens is 2. The number of rotatable bonds is 4. The van der Waals surface area contributed by atoms with Crippen LogP contribution in [-0.4, -0.2) is 23.5 Å². The van der Waals surface area contributed by atoms with E-state index in [4.69, 9.17) is 5.73 Å². The van der Waals surface area contributed by atoms with E-state index in [0.29, 0.717) is 18.6 Å². The molecule has 4 heteroatoms. The Kier molecular flexibility index (Phi) is 4.88. The van der Waals surface area contributed by atoms with Gasteiger partial charge in [-0.3, -0.25) is 4.90 Å². The number of hydrogen-bond acceptors (Lipinski definition) is 2. The van der Waals surface area contributed by atoms with Crippen LogP contribution in [-0.2, 0) is 6.54 Å². The van der Waals surface area contributed by atoms with Gasteiger partial charge < -0.3 is 5.73 Å². The fourth-order valence-electron chi connectivity index (χ4n) is 2.84. The van der Waals surface area contributed by atoms with E-state index in [2.05, 4.69) is 11.8 Å². The molecular weight excluding hydrogens is 246 g/mol. The lowest BCUT2D eigenvalue weighted by Crippen LogP contribution is -2.40. The summed E-state index contributed by atoms with van der Waals surface area (Å²) in [5.41, 5.74) is 6.75. The molecule has 0 radical (unpaired) electrons. The molecule has 2 rings (SSSR count). The van der Waals surface area contributed by atoms with E-state index >= 15 is 0 Å². The van der Waals surface area contributed by atoms with Gasteiger partial charge in [0.25, 0.3) is 0 Å². The fraction of sp³-hybridized carbons (Fsp3) is 0.600. The quantitative estimate of drug-likeness (QED) is 0.909. The van der Waals surface area contributed by atoms with Gasteiger partial charge in [0.1, 0.15) is 0 Å². The average molecular weight is 268 g/mol. The summed E-state index contributed by atoms with van der Waals surface area (Å²) in [6, 6.07) is 5.01. The second-order valence-electron chi connectivity index (χ2n) is 5.38. The van der Waals surface area contributed by atoms with Crippen LogP contribution in [0.5, 0.6) is 0 Å². The maximum atomic E-state index is 13.2. The normalized spacial score (nSPS) is 23.8. The van der Waals surface area contributed by atoms with Crippen LogP contribution in [0.1, 0.15) is 38.2 Å². The minimum Gasteiger partial charge on any atom is -0.328 e. The van der Waals surface area contributed by atoms with Crippen molar-refractivity contribution in [1.29, 1.82) is 0 Å². The van der Waals surface area contributed by atoms with Crippen molar-refractivity contribution < 1.29 is 8.78 Å². The van der Waals surface area contributed by atoms with Crippen molar-refractivity contribution in [2.24, 2.45) is 5.73 Å². The first-order valence-electron chi connectivity index (χ1n) is 7.03. The smallest absolute Gasteiger partial charge is 0.159 e. The number of benzene rings is 1. The van der Waals surface area contributed by atoms with E-state index in [1.54, 1.807) is 6.07 Å². The summed E-state index contributed by atoms with van der Waals surface area (Å²) in [6.07, 6.45) is 4.30. The molecule has 0 saturated heterocycles. The Morgan fingerprint density at radius 3 is 2.42 bits per heavy atom. The lowest BCUT2D eigenvalue weighted by molar-refractivity contribution is 0.149. The standard InChI is InChI=1S/C15H22F2N2/c1-2-19(13-6-4-12(18)5-7-13)10-11-3-8-14(16)15(17)9-11/h3,8-9,12-13H,2,4-7,10,18H2,1H3. The van der Waals surface area contributed by atoms with Crippen LogP contribution < -0.4 is 5.73 Å². The van der Waals surface area contributed by atoms with Gasteiger partial charge in [0.05, 0.1) is 0 Å². The van der Waals surface area contributed by atoms with Crippen LogP contribution >= 0.6 is 0 Å². The molecule has 0 spiro atoms. The molecule has 0 bridgehead atoms. The summed E-state index contributed by atoms with van der Waals surface area (Å²) in [6.45, 7) is 3.70.